The Balaban J connectivity index is 0.00000243. The Hall–Kier alpha value is -1.97. The summed E-state index contributed by atoms with van der Waals surface area (Å²) in [7, 11) is 1.66. The van der Waals surface area contributed by atoms with Gasteiger partial charge in [0, 0.05) is 44.4 Å². The number of guanidine groups is 1. The predicted octanol–water partition coefficient (Wildman–Crippen LogP) is 3.21. The highest BCUT2D eigenvalue weighted by Gasteiger charge is 2.26. The number of aromatic nitrogens is 1. The molecule has 2 aromatic rings. The topological polar surface area (TPSA) is 49.8 Å². The molecule has 1 aromatic carbocycles. The molecule has 1 aliphatic heterocycles. The molecule has 1 fully saturated rings. The second-order valence-corrected chi connectivity index (χ2v) is 5.78. The van der Waals surface area contributed by atoms with E-state index in [1.54, 1.807) is 13.2 Å². The van der Waals surface area contributed by atoms with E-state index in [1.807, 2.05) is 23.1 Å². The zero-order valence-corrected chi connectivity index (χ0v) is 16.7. The van der Waals surface area contributed by atoms with E-state index in [9.17, 15) is 8.78 Å². The molecule has 8 heteroatoms. The molecule has 140 valence electrons. The van der Waals surface area contributed by atoms with Crippen molar-refractivity contribution < 1.29 is 13.5 Å². The fourth-order valence-corrected chi connectivity index (χ4v) is 2.79. The summed E-state index contributed by atoms with van der Waals surface area (Å²) in [4.78, 5) is 10.4. The average molecular weight is 474 g/mol. The first-order valence-electron chi connectivity index (χ1n) is 8.13. The van der Waals surface area contributed by atoms with E-state index in [0.29, 0.717) is 18.4 Å². The van der Waals surface area contributed by atoms with E-state index in [1.165, 1.54) is 6.07 Å². The van der Waals surface area contributed by atoms with Gasteiger partial charge in [0.1, 0.15) is 17.7 Å². The van der Waals surface area contributed by atoms with Crippen molar-refractivity contribution in [1.82, 2.24) is 15.2 Å². The molecule has 1 saturated heterocycles. The van der Waals surface area contributed by atoms with Crippen molar-refractivity contribution >= 4 is 29.9 Å². The first-order chi connectivity index (χ1) is 12.2. The smallest absolute Gasteiger partial charge is 0.213 e. The van der Waals surface area contributed by atoms with Crippen LogP contribution in [0.3, 0.4) is 0 Å². The number of pyridine rings is 1. The second-order valence-electron chi connectivity index (χ2n) is 5.78. The normalized spacial score (nSPS) is 17.0. The molecule has 1 aliphatic rings. The van der Waals surface area contributed by atoms with E-state index < -0.39 is 11.6 Å². The minimum Gasteiger partial charge on any atom is -0.472 e. The van der Waals surface area contributed by atoms with Crippen molar-refractivity contribution in [2.24, 2.45) is 4.99 Å². The minimum atomic E-state index is -0.460. The maximum absolute atomic E-state index is 13.7. The van der Waals surface area contributed by atoms with Crippen molar-refractivity contribution in [1.29, 1.82) is 0 Å². The lowest BCUT2D eigenvalue weighted by atomic mass is 10.2. The summed E-state index contributed by atoms with van der Waals surface area (Å²) in [5.74, 6) is 0.329. The van der Waals surface area contributed by atoms with E-state index in [0.717, 1.165) is 25.1 Å². The predicted molar refractivity (Wildman–Crippen MR) is 107 cm³/mol. The maximum Gasteiger partial charge on any atom is 0.213 e. The number of aliphatic imine (C=N–C) groups is 1. The summed E-state index contributed by atoms with van der Waals surface area (Å²) >= 11 is 0. The lowest BCUT2D eigenvalue weighted by molar-refractivity contribution is 0.205. The highest BCUT2D eigenvalue weighted by Crippen LogP contribution is 2.16. The molecule has 1 atom stereocenters. The number of hydrogen-bond donors (Lipinski definition) is 1. The molecular weight excluding hydrogens is 453 g/mol. The summed E-state index contributed by atoms with van der Waals surface area (Å²) in [6, 6.07) is 8.96. The quantitative estimate of drug-likeness (QED) is 0.420. The number of halogens is 3. The van der Waals surface area contributed by atoms with Crippen molar-refractivity contribution in [2.45, 2.75) is 19.1 Å². The number of rotatable bonds is 4. The van der Waals surface area contributed by atoms with Gasteiger partial charge in [0.05, 0.1) is 6.54 Å². The van der Waals surface area contributed by atoms with Crippen LogP contribution in [0.1, 0.15) is 12.0 Å². The maximum atomic E-state index is 13.7. The van der Waals surface area contributed by atoms with Crippen LogP contribution in [0.4, 0.5) is 8.78 Å². The molecule has 0 amide bonds. The molecular formula is C18H21F2IN4O. The number of nitrogens with one attached hydrogen (secondary N) is 1. The van der Waals surface area contributed by atoms with Gasteiger partial charge >= 0.3 is 0 Å². The summed E-state index contributed by atoms with van der Waals surface area (Å²) < 4.78 is 32.8. The second kappa shape index (κ2) is 9.65. The van der Waals surface area contributed by atoms with Crippen molar-refractivity contribution in [2.75, 3.05) is 20.1 Å². The van der Waals surface area contributed by atoms with Gasteiger partial charge in [-0.25, -0.2) is 13.8 Å². The van der Waals surface area contributed by atoms with Crippen LogP contribution < -0.4 is 10.1 Å². The molecule has 0 saturated carbocycles. The number of hydrogen-bond acceptors (Lipinski definition) is 3. The largest absolute Gasteiger partial charge is 0.472 e. The highest BCUT2D eigenvalue weighted by atomic mass is 127. The third-order valence-corrected chi connectivity index (χ3v) is 4.03. The van der Waals surface area contributed by atoms with Crippen LogP contribution in [-0.2, 0) is 6.54 Å². The monoisotopic (exact) mass is 474 g/mol. The first-order valence-corrected chi connectivity index (χ1v) is 8.13. The van der Waals surface area contributed by atoms with Crippen LogP contribution in [0.25, 0.3) is 0 Å². The molecule has 2 heterocycles. The van der Waals surface area contributed by atoms with E-state index in [2.05, 4.69) is 15.3 Å². The van der Waals surface area contributed by atoms with Gasteiger partial charge in [0.15, 0.2) is 5.96 Å². The van der Waals surface area contributed by atoms with Crippen LogP contribution >= 0.6 is 24.0 Å². The van der Waals surface area contributed by atoms with E-state index in [4.69, 9.17) is 4.74 Å². The number of nitrogens with zero attached hydrogens (tertiary/aromatic N) is 3. The van der Waals surface area contributed by atoms with Gasteiger partial charge in [-0.2, -0.15) is 0 Å². The number of likely N-dealkylation sites (tertiary alicyclic amines) is 1. The standard InChI is InChI=1S/C18H20F2N4O.HI/c1-21-18(23-11-13-10-14(19)5-6-16(13)20)24-9-7-15(12-24)25-17-4-2-3-8-22-17;/h2-6,8,10,15H,7,9,11-12H2,1H3,(H,21,23);1H. The lowest BCUT2D eigenvalue weighted by Crippen LogP contribution is -2.40. The Morgan fingerprint density at radius 3 is 2.92 bits per heavy atom. The third-order valence-electron chi connectivity index (χ3n) is 4.03. The third kappa shape index (κ3) is 5.26. The Labute approximate surface area is 168 Å². The molecule has 3 rings (SSSR count). The minimum absolute atomic E-state index is 0. The van der Waals surface area contributed by atoms with Crippen LogP contribution in [0.15, 0.2) is 47.6 Å². The number of ether oxygens (including phenoxy) is 1. The molecule has 26 heavy (non-hydrogen) atoms. The van der Waals surface area contributed by atoms with Gasteiger partial charge in [0.2, 0.25) is 5.88 Å². The fourth-order valence-electron chi connectivity index (χ4n) is 2.79. The van der Waals surface area contributed by atoms with Gasteiger partial charge in [-0.1, -0.05) is 6.07 Å². The van der Waals surface area contributed by atoms with E-state index in [-0.39, 0.29) is 42.2 Å². The van der Waals surface area contributed by atoms with Crippen molar-refractivity contribution in [3.8, 4) is 5.88 Å². The van der Waals surface area contributed by atoms with Crippen LogP contribution in [0.2, 0.25) is 0 Å². The molecule has 1 unspecified atom stereocenters. The first kappa shape index (κ1) is 20.3. The van der Waals surface area contributed by atoms with Gasteiger partial charge in [-0.05, 0) is 24.3 Å². The van der Waals surface area contributed by atoms with Crippen LogP contribution in [-0.4, -0.2) is 42.1 Å². The summed E-state index contributed by atoms with van der Waals surface area (Å²) in [6.45, 7) is 1.59. The molecule has 0 radical (unpaired) electrons. The van der Waals surface area contributed by atoms with Crippen molar-refractivity contribution in [3.05, 3.63) is 59.8 Å². The fraction of sp³-hybridized carbons (Fsp3) is 0.333. The molecule has 0 bridgehead atoms. The Morgan fingerprint density at radius 2 is 2.19 bits per heavy atom. The van der Waals surface area contributed by atoms with Gasteiger partial charge in [-0.3, -0.25) is 4.99 Å². The lowest BCUT2D eigenvalue weighted by Gasteiger charge is -2.21. The SMILES string of the molecule is CN=C(NCc1cc(F)ccc1F)N1CCC(Oc2ccccn2)C1.I. The van der Waals surface area contributed by atoms with Crippen LogP contribution in [0, 0.1) is 11.6 Å². The molecule has 1 aromatic heterocycles. The molecule has 5 nitrogen and oxygen atoms in total. The number of benzene rings is 1. The summed E-state index contributed by atoms with van der Waals surface area (Å²) in [5.41, 5.74) is 0.265. The van der Waals surface area contributed by atoms with Crippen molar-refractivity contribution in [3.63, 3.8) is 0 Å². The Morgan fingerprint density at radius 1 is 1.35 bits per heavy atom. The zero-order valence-electron chi connectivity index (χ0n) is 14.4. The van der Waals surface area contributed by atoms with Gasteiger partial charge in [-0.15, -0.1) is 24.0 Å². The zero-order chi connectivity index (χ0) is 17.6. The molecule has 0 spiro atoms. The van der Waals surface area contributed by atoms with Gasteiger partial charge < -0.3 is 15.0 Å². The highest BCUT2D eigenvalue weighted by molar-refractivity contribution is 14.0. The molecule has 1 N–H and O–H groups in total. The Bertz CT molecular complexity index is 745. The van der Waals surface area contributed by atoms with E-state index >= 15 is 0 Å². The van der Waals surface area contributed by atoms with Gasteiger partial charge in [0.25, 0.3) is 0 Å². The summed E-state index contributed by atoms with van der Waals surface area (Å²) in [5, 5.41) is 3.08. The van der Waals surface area contributed by atoms with Crippen LogP contribution in [0.5, 0.6) is 5.88 Å². The molecule has 0 aliphatic carbocycles. The summed E-state index contributed by atoms with van der Waals surface area (Å²) in [6.07, 6.45) is 2.54. The average Bonchev–Trinajstić information content (AvgIpc) is 3.07. The Kier molecular flexibility index (Phi) is 7.55.